The molecule has 1 aromatic heterocycles. The number of carbonyl (C=O) groups is 2. The maximum absolute atomic E-state index is 13.1. The average molecular weight is 340 g/mol. The fourth-order valence-corrected chi connectivity index (χ4v) is 4.36. The molecular weight excluding hydrogens is 316 g/mol. The predicted octanol–water partition coefficient (Wildman–Crippen LogP) is 1.76. The van der Waals surface area contributed by atoms with Gasteiger partial charge in [-0.3, -0.25) is 9.59 Å². The number of nitrogens with zero attached hydrogens (tertiary/aromatic N) is 4. The smallest absolute Gasteiger partial charge is 0.270 e. The van der Waals surface area contributed by atoms with Gasteiger partial charge in [0.15, 0.2) is 0 Å². The van der Waals surface area contributed by atoms with E-state index in [1.807, 2.05) is 4.90 Å². The highest BCUT2D eigenvalue weighted by atomic mass is 16.2. The number of piperidine rings is 1. The number of aryl methyl sites for hydroxylation is 1. The third-order valence-electron chi connectivity index (χ3n) is 5.99. The molecule has 0 N–H and O–H groups in total. The number of rotatable bonds is 3. The van der Waals surface area contributed by atoms with Gasteiger partial charge in [0.2, 0.25) is 5.91 Å². The molecule has 3 fully saturated rings. The first-order valence-corrected chi connectivity index (χ1v) is 9.17. The molecule has 132 valence electrons. The Morgan fingerprint density at radius 1 is 1.36 bits per heavy atom. The van der Waals surface area contributed by atoms with Gasteiger partial charge >= 0.3 is 0 Å². The van der Waals surface area contributed by atoms with E-state index in [9.17, 15) is 9.59 Å². The number of hydrogen-bond donors (Lipinski definition) is 0. The Labute approximate surface area is 148 Å². The Morgan fingerprint density at radius 2 is 2.16 bits per heavy atom. The molecule has 6 nitrogen and oxygen atoms in total. The molecule has 0 aromatic carbocycles. The summed E-state index contributed by atoms with van der Waals surface area (Å²) in [6.45, 7) is 2.90. The van der Waals surface area contributed by atoms with E-state index in [-0.39, 0.29) is 17.2 Å². The summed E-state index contributed by atoms with van der Waals surface area (Å²) in [7, 11) is 1.78. The molecular formula is C19H24N4O2. The number of aromatic nitrogens is 1. The van der Waals surface area contributed by atoms with Crippen molar-refractivity contribution in [2.24, 2.45) is 18.4 Å². The third kappa shape index (κ3) is 2.82. The van der Waals surface area contributed by atoms with Gasteiger partial charge in [-0.05, 0) is 44.1 Å². The van der Waals surface area contributed by atoms with Crippen molar-refractivity contribution in [1.82, 2.24) is 14.4 Å². The quantitative estimate of drug-likeness (QED) is 0.842. The lowest BCUT2D eigenvalue weighted by Gasteiger charge is -2.39. The molecule has 1 spiro atoms. The van der Waals surface area contributed by atoms with Gasteiger partial charge in [-0.2, -0.15) is 5.26 Å². The zero-order valence-corrected chi connectivity index (χ0v) is 14.7. The van der Waals surface area contributed by atoms with Crippen LogP contribution in [0.1, 0.15) is 48.2 Å². The highest BCUT2D eigenvalue weighted by Crippen LogP contribution is 2.42. The zero-order chi connectivity index (χ0) is 17.6. The van der Waals surface area contributed by atoms with Crippen LogP contribution in [0.4, 0.5) is 0 Å². The van der Waals surface area contributed by atoms with Crippen molar-refractivity contribution < 1.29 is 9.59 Å². The van der Waals surface area contributed by atoms with Crippen molar-refractivity contribution in [2.75, 3.05) is 26.2 Å². The van der Waals surface area contributed by atoms with Crippen LogP contribution in [0.3, 0.4) is 0 Å². The van der Waals surface area contributed by atoms with Gasteiger partial charge in [0.25, 0.3) is 5.91 Å². The van der Waals surface area contributed by atoms with E-state index >= 15 is 0 Å². The Bertz CT molecular complexity index is 758. The summed E-state index contributed by atoms with van der Waals surface area (Å²) in [6.07, 6.45) is 6.83. The Kier molecular flexibility index (Phi) is 3.82. The molecule has 3 heterocycles. The minimum atomic E-state index is -0.383. The molecule has 0 bridgehead atoms. The number of nitriles is 1. The maximum Gasteiger partial charge on any atom is 0.270 e. The van der Waals surface area contributed by atoms with Crippen molar-refractivity contribution in [3.05, 3.63) is 23.5 Å². The highest BCUT2D eigenvalue weighted by Gasteiger charge is 2.50. The van der Waals surface area contributed by atoms with E-state index in [0.717, 1.165) is 32.4 Å². The Morgan fingerprint density at radius 3 is 2.84 bits per heavy atom. The van der Waals surface area contributed by atoms with E-state index in [0.29, 0.717) is 30.3 Å². The van der Waals surface area contributed by atoms with Crippen LogP contribution in [0.5, 0.6) is 0 Å². The van der Waals surface area contributed by atoms with Gasteiger partial charge in [0.05, 0.1) is 11.0 Å². The molecule has 1 saturated carbocycles. The second-order valence-corrected chi connectivity index (χ2v) is 7.89. The van der Waals surface area contributed by atoms with Gasteiger partial charge in [-0.15, -0.1) is 0 Å². The van der Waals surface area contributed by atoms with Crippen LogP contribution in [0.15, 0.2) is 12.3 Å². The molecule has 2 amide bonds. The lowest BCUT2D eigenvalue weighted by molar-refractivity contribution is -0.145. The van der Waals surface area contributed by atoms with Crippen LogP contribution in [-0.2, 0) is 11.8 Å². The molecule has 25 heavy (non-hydrogen) atoms. The molecule has 2 saturated heterocycles. The van der Waals surface area contributed by atoms with Crippen LogP contribution in [0, 0.1) is 22.7 Å². The lowest BCUT2D eigenvalue weighted by Crippen LogP contribution is -2.51. The molecule has 3 aliphatic rings. The summed E-state index contributed by atoms with van der Waals surface area (Å²) in [5.74, 6) is 0.879. The van der Waals surface area contributed by atoms with Crippen LogP contribution in [0.25, 0.3) is 0 Å². The van der Waals surface area contributed by atoms with Gasteiger partial charge in [0, 0.05) is 39.4 Å². The van der Waals surface area contributed by atoms with E-state index in [4.69, 9.17) is 5.26 Å². The molecule has 0 radical (unpaired) electrons. The number of likely N-dealkylation sites (tertiary alicyclic amines) is 2. The average Bonchev–Trinajstić information content (AvgIpc) is 3.19. The third-order valence-corrected chi connectivity index (χ3v) is 5.99. The SMILES string of the molecule is Cn1cc(C#N)cc1C(=O)N1CC[C@@]2(CCCN(CC3CC3)C2=O)C1. The van der Waals surface area contributed by atoms with Crippen molar-refractivity contribution in [3.63, 3.8) is 0 Å². The van der Waals surface area contributed by atoms with E-state index in [1.54, 1.807) is 28.8 Å². The number of amides is 2. The van der Waals surface area contributed by atoms with E-state index in [2.05, 4.69) is 6.07 Å². The zero-order valence-electron chi connectivity index (χ0n) is 14.7. The van der Waals surface area contributed by atoms with Gasteiger partial charge in [0.1, 0.15) is 11.8 Å². The highest BCUT2D eigenvalue weighted by molar-refractivity contribution is 5.94. The second-order valence-electron chi connectivity index (χ2n) is 7.89. The Hall–Kier alpha value is -2.29. The van der Waals surface area contributed by atoms with Crippen LogP contribution >= 0.6 is 0 Å². The van der Waals surface area contributed by atoms with Crippen molar-refractivity contribution in [3.8, 4) is 6.07 Å². The lowest BCUT2D eigenvalue weighted by atomic mass is 9.78. The summed E-state index contributed by atoms with van der Waals surface area (Å²) in [5.41, 5.74) is 0.627. The standard InChI is InChI=1S/C19H24N4O2/c1-21-11-15(10-20)9-16(21)17(24)23-8-6-19(13-23)5-2-7-22(18(19)25)12-14-3-4-14/h9,11,14H,2-8,12-13H2,1H3/t19-/m0/s1. The normalized spacial score (nSPS) is 26.3. The Balaban J connectivity index is 1.49. The minimum Gasteiger partial charge on any atom is -0.345 e. The number of hydrogen-bond acceptors (Lipinski definition) is 3. The maximum atomic E-state index is 13.1. The summed E-state index contributed by atoms with van der Waals surface area (Å²) in [6, 6.07) is 3.71. The molecule has 1 aliphatic carbocycles. The largest absolute Gasteiger partial charge is 0.345 e. The minimum absolute atomic E-state index is 0.0759. The van der Waals surface area contributed by atoms with E-state index in [1.165, 1.54) is 12.8 Å². The summed E-state index contributed by atoms with van der Waals surface area (Å²) >= 11 is 0. The van der Waals surface area contributed by atoms with Crippen molar-refractivity contribution >= 4 is 11.8 Å². The fourth-order valence-electron chi connectivity index (χ4n) is 4.36. The second kappa shape index (κ2) is 5.91. The first-order chi connectivity index (χ1) is 12.0. The fraction of sp³-hybridized carbons (Fsp3) is 0.632. The monoisotopic (exact) mass is 340 g/mol. The number of carbonyl (C=O) groups excluding carboxylic acids is 2. The van der Waals surface area contributed by atoms with Crippen LogP contribution < -0.4 is 0 Å². The topological polar surface area (TPSA) is 69.3 Å². The molecule has 2 aliphatic heterocycles. The first kappa shape index (κ1) is 16.2. The molecule has 4 rings (SSSR count). The predicted molar refractivity (Wildman–Crippen MR) is 91.6 cm³/mol. The van der Waals surface area contributed by atoms with Crippen LogP contribution in [-0.4, -0.2) is 52.4 Å². The summed E-state index contributed by atoms with van der Waals surface area (Å²) < 4.78 is 1.70. The molecule has 6 heteroatoms. The van der Waals surface area contributed by atoms with Gasteiger partial charge in [-0.1, -0.05) is 0 Å². The molecule has 1 atom stereocenters. The van der Waals surface area contributed by atoms with Crippen molar-refractivity contribution in [2.45, 2.75) is 32.1 Å². The summed E-state index contributed by atoms with van der Waals surface area (Å²) in [4.78, 5) is 29.8. The van der Waals surface area contributed by atoms with Gasteiger partial charge < -0.3 is 14.4 Å². The van der Waals surface area contributed by atoms with E-state index < -0.39 is 0 Å². The molecule has 0 unspecified atom stereocenters. The summed E-state index contributed by atoms with van der Waals surface area (Å²) in [5, 5.41) is 9.02. The van der Waals surface area contributed by atoms with Gasteiger partial charge in [-0.25, -0.2) is 0 Å². The van der Waals surface area contributed by atoms with Crippen LogP contribution in [0.2, 0.25) is 0 Å². The molecule has 1 aromatic rings. The first-order valence-electron chi connectivity index (χ1n) is 9.17. The van der Waals surface area contributed by atoms with Crippen molar-refractivity contribution in [1.29, 1.82) is 5.26 Å².